The molecule has 0 amide bonds. The predicted octanol–water partition coefficient (Wildman–Crippen LogP) is 2.67. The van der Waals surface area contributed by atoms with Gasteiger partial charge in [-0.1, -0.05) is 6.92 Å². The molecular formula is C14H22BrN3. The van der Waals surface area contributed by atoms with Crippen LogP contribution >= 0.6 is 15.9 Å². The van der Waals surface area contributed by atoms with Crippen molar-refractivity contribution in [3.05, 3.63) is 28.5 Å². The van der Waals surface area contributed by atoms with Gasteiger partial charge in [0.1, 0.15) is 0 Å². The highest BCUT2D eigenvalue weighted by molar-refractivity contribution is 9.10. The summed E-state index contributed by atoms with van der Waals surface area (Å²) in [5.41, 5.74) is 1.10. The molecule has 0 aliphatic carbocycles. The summed E-state index contributed by atoms with van der Waals surface area (Å²) in [7, 11) is 0. The van der Waals surface area contributed by atoms with Gasteiger partial charge in [-0.15, -0.1) is 0 Å². The highest BCUT2D eigenvalue weighted by atomic mass is 79.9. The zero-order chi connectivity index (χ0) is 12.8. The van der Waals surface area contributed by atoms with Crippen molar-refractivity contribution in [2.45, 2.75) is 26.3 Å². The summed E-state index contributed by atoms with van der Waals surface area (Å²) in [6, 6.07) is 4.10. The molecule has 0 aromatic carbocycles. The lowest BCUT2D eigenvalue weighted by Gasteiger charge is -2.20. The van der Waals surface area contributed by atoms with Crippen LogP contribution in [-0.4, -0.2) is 36.1 Å². The molecule has 1 saturated heterocycles. The fourth-order valence-corrected chi connectivity index (χ4v) is 2.66. The van der Waals surface area contributed by atoms with Gasteiger partial charge in [-0.2, -0.15) is 0 Å². The second-order valence-electron chi connectivity index (χ2n) is 5.21. The van der Waals surface area contributed by atoms with E-state index in [0.717, 1.165) is 23.3 Å². The predicted molar refractivity (Wildman–Crippen MR) is 78.5 cm³/mol. The van der Waals surface area contributed by atoms with E-state index in [0.29, 0.717) is 5.92 Å². The van der Waals surface area contributed by atoms with Crippen LogP contribution in [-0.2, 0) is 6.54 Å². The highest BCUT2D eigenvalue weighted by Gasteiger charge is 2.14. The number of halogens is 1. The summed E-state index contributed by atoms with van der Waals surface area (Å²) in [4.78, 5) is 6.93. The molecule has 1 aliphatic rings. The first-order valence-corrected chi connectivity index (χ1v) is 7.57. The zero-order valence-corrected chi connectivity index (χ0v) is 12.6. The average Bonchev–Trinajstić information content (AvgIpc) is 2.84. The molecule has 1 unspecified atom stereocenters. The second-order valence-corrected chi connectivity index (χ2v) is 6.13. The first-order chi connectivity index (χ1) is 8.74. The topological polar surface area (TPSA) is 28.2 Å². The van der Waals surface area contributed by atoms with E-state index in [4.69, 9.17) is 0 Å². The van der Waals surface area contributed by atoms with Gasteiger partial charge in [0.25, 0.3) is 0 Å². The van der Waals surface area contributed by atoms with Crippen LogP contribution in [0.5, 0.6) is 0 Å². The summed E-state index contributed by atoms with van der Waals surface area (Å²) >= 11 is 3.40. The van der Waals surface area contributed by atoms with Gasteiger partial charge in [0, 0.05) is 23.8 Å². The molecule has 1 aromatic heterocycles. The SMILES string of the molecule is CC(CNCc1ccc(Br)cn1)CN1CCCC1. The summed E-state index contributed by atoms with van der Waals surface area (Å²) in [5, 5.41) is 3.49. The smallest absolute Gasteiger partial charge is 0.0542 e. The Balaban J connectivity index is 1.63. The van der Waals surface area contributed by atoms with E-state index in [1.807, 2.05) is 12.3 Å². The third-order valence-electron chi connectivity index (χ3n) is 3.36. The standard InChI is InChI=1S/C14H22BrN3/c1-12(11-18-6-2-3-7-18)8-16-10-14-5-4-13(15)9-17-14/h4-5,9,12,16H,2-3,6-8,10-11H2,1H3. The lowest BCUT2D eigenvalue weighted by Crippen LogP contribution is -2.31. The Hall–Kier alpha value is -0.450. The summed E-state index contributed by atoms with van der Waals surface area (Å²) in [6.07, 6.45) is 4.61. The quantitative estimate of drug-likeness (QED) is 0.875. The molecule has 0 spiro atoms. The van der Waals surface area contributed by atoms with Crippen LogP contribution in [0.2, 0.25) is 0 Å². The van der Waals surface area contributed by atoms with E-state index in [9.17, 15) is 0 Å². The number of nitrogens with zero attached hydrogens (tertiary/aromatic N) is 2. The lowest BCUT2D eigenvalue weighted by molar-refractivity contribution is 0.282. The fraction of sp³-hybridized carbons (Fsp3) is 0.643. The van der Waals surface area contributed by atoms with Crippen molar-refractivity contribution in [2.24, 2.45) is 5.92 Å². The molecule has 1 aliphatic heterocycles. The van der Waals surface area contributed by atoms with Crippen LogP contribution in [0.25, 0.3) is 0 Å². The zero-order valence-electron chi connectivity index (χ0n) is 11.0. The summed E-state index contributed by atoms with van der Waals surface area (Å²) in [5.74, 6) is 0.707. The van der Waals surface area contributed by atoms with Gasteiger partial charge in [0.2, 0.25) is 0 Å². The lowest BCUT2D eigenvalue weighted by atomic mass is 10.1. The summed E-state index contributed by atoms with van der Waals surface area (Å²) in [6.45, 7) is 8.05. The van der Waals surface area contributed by atoms with Crippen molar-refractivity contribution >= 4 is 15.9 Å². The number of pyridine rings is 1. The number of aromatic nitrogens is 1. The Morgan fingerprint density at radius 3 is 2.83 bits per heavy atom. The number of hydrogen-bond donors (Lipinski definition) is 1. The molecule has 1 fully saturated rings. The molecule has 4 heteroatoms. The molecule has 1 N–H and O–H groups in total. The van der Waals surface area contributed by atoms with Crippen LogP contribution in [0.1, 0.15) is 25.5 Å². The molecular weight excluding hydrogens is 290 g/mol. The number of rotatable bonds is 6. The molecule has 0 radical (unpaired) electrons. The molecule has 2 rings (SSSR count). The maximum atomic E-state index is 4.36. The van der Waals surface area contributed by atoms with Crippen LogP contribution in [0.4, 0.5) is 0 Å². The van der Waals surface area contributed by atoms with Crippen LogP contribution in [0.15, 0.2) is 22.8 Å². The Morgan fingerprint density at radius 2 is 2.17 bits per heavy atom. The Morgan fingerprint density at radius 1 is 1.39 bits per heavy atom. The molecule has 18 heavy (non-hydrogen) atoms. The first-order valence-electron chi connectivity index (χ1n) is 6.77. The Labute approximate surface area is 118 Å². The van der Waals surface area contributed by atoms with Crippen molar-refractivity contribution in [3.8, 4) is 0 Å². The third kappa shape index (κ3) is 4.67. The van der Waals surface area contributed by atoms with Crippen molar-refractivity contribution in [3.63, 3.8) is 0 Å². The fourth-order valence-electron chi connectivity index (χ4n) is 2.43. The van der Waals surface area contributed by atoms with Crippen molar-refractivity contribution < 1.29 is 0 Å². The van der Waals surface area contributed by atoms with E-state index in [1.165, 1.54) is 32.5 Å². The Kier molecular flexibility index (Phi) is 5.60. The minimum absolute atomic E-state index is 0.707. The maximum Gasteiger partial charge on any atom is 0.0542 e. The molecule has 0 saturated carbocycles. The molecule has 1 atom stereocenters. The van der Waals surface area contributed by atoms with Gasteiger partial charge >= 0.3 is 0 Å². The van der Waals surface area contributed by atoms with E-state index in [1.54, 1.807) is 0 Å². The van der Waals surface area contributed by atoms with Crippen molar-refractivity contribution in [1.82, 2.24) is 15.2 Å². The second kappa shape index (κ2) is 7.22. The molecule has 100 valence electrons. The normalized spacial score (nSPS) is 18.1. The Bertz CT molecular complexity index is 347. The number of likely N-dealkylation sites (tertiary alicyclic amines) is 1. The minimum atomic E-state index is 0.707. The number of hydrogen-bond acceptors (Lipinski definition) is 3. The van der Waals surface area contributed by atoms with Crippen molar-refractivity contribution in [1.29, 1.82) is 0 Å². The third-order valence-corrected chi connectivity index (χ3v) is 3.83. The maximum absolute atomic E-state index is 4.36. The molecule has 2 heterocycles. The van der Waals surface area contributed by atoms with Crippen molar-refractivity contribution in [2.75, 3.05) is 26.2 Å². The largest absolute Gasteiger partial charge is 0.311 e. The van der Waals surface area contributed by atoms with E-state index >= 15 is 0 Å². The molecule has 0 bridgehead atoms. The van der Waals surface area contributed by atoms with E-state index < -0.39 is 0 Å². The van der Waals surface area contributed by atoms with Gasteiger partial charge in [0.05, 0.1) is 5.69 Å². The number of nitrogens with one attached hydrogen (secondary N) is 1. The van der Waals surface area contributed by atoms with Gasteiger partial charge < -0.3 is 10.2 Å². The molecule has 1 aromatic rings. The van der Waals surface area contributed by atoms with Gasteiger partial charge in [-0.05, 0) is 66.5 Å². The van der Waals surface area contributed by atoms with Gasteiger partial charge in [-0.3, -0.25) is 4.98 Å². The highest BCUT2D eigenvalue weighted by Crippen LogP contribution is 2.10. The van der Waals surface area contributed by atoms with Crippen LogP contribution < -0.4 is 5.32 Å². The van der Waals surface area contributed by atoms with Crippen LogP contribution in [0.3, 0.4) is 0 Å². The summed E-state index contributed by atoms with van der Waals surface area (Å²) < 4.78 is 1.04. The van der Waals surface area contributed by atoms with E-state index in [-0.39, 0.29) is 0 Å². The van der Waals surface area contributed by atoms with E-state index in [2.05, 4.69) is 44.1 Å². The monoisotopic (exact) mass is 311 g/mol. The minimum Gasteiger partial charge on any atom is -0.311 e. The average molecular weight is 312 g/mol. The van der Waals surface area contributed by atoms with Gasteiger partial charge in [-0.25, -0.2) is 0 Å². The van der Waals surface area contributed by atoms with Gasteiger partial charge in [0.15, 0.2) is 0 Å². The first kappa shape index (κ1) is 14.0. The van der Waals surface area contributed by atoms with Crippen LogP contribution in [0, 0.1) is 5.92 Å². The molecule has 3 nitrogen and oxygen atoms in total.